The minimum Gasteiger partial charge on any atom is -0.337 e. The zero-order valence-corrected chi connectivity index (χ0v) is 16.2. The third kappa shape index (κ3) is 3.58. The summed E-state index contributed by atoms with van der Waals surface area (Å²) in [4.78, 5) is 20.1. The molecule has 4 heteroatoms. The maximum atomic E-state index is 13.0. The van der Waals surface area contributed by atoms with E-state index in [4.69, 9.17) is 0 Å². The van der Waals surface area contributed by atoms with Gasteiger partial charge in [0.2, 0.25) is 5.91 Å². The van der Waals surface area contributed by atoms with E-state index in [1.807, 2.05) is 0 Å². The molecule has 0 radical (unpaired) electrons. The number of carbonyl (C=O) groups excluding carboxylic acids is 1. The molecule has 1 aromatic rings. The van der Waals surface area contributed by atoms with Crippen LogP contribution in [0.1, 0.15) is 37.8 Å². The van der Waals surface area contributed by atoms with Gasteiger partial charge in [-0.15, -0.1) is 0 Å². The van der Waals surface area contributed by atoms with Crippen molar-refractivity contribution in [1.82, 2.24) is 14.7 Å². The van der Waals surface area contributed by atoms with Gasteiger partial charge < -0.3 is 4.90 Å². The van der Waals surface area contributed by atoms with E-state index >= 15 is 0 Å². The highest BCUT2D eigenvalue weighted by molar-refractivity contribution is 5.79. The smallest absolute Gasteiger partial charge is 0.237 e. The Balaban J connectivity index is 1.34. The molecule has 140 valence electrons. The molecule has 0 spiro atoms. The Morgan fingerprint density at radius 2 is 1.85 bits per heavy atom. The van der Waals surface area contributed by atoms with Crippen molar-refractivity contribution in [2.75, 3.05) is 32.7 Å². The summed E-state index contributed by atoms with van der Waals surface area (Å²) in [5.74, 6) is 0.334. The molecule has 1 amide bonds. The van der Waals surface area contributed by atoms with Crippen LogP contribution < -0.4 is 0 Å². The van der Waals surface area contributed by atoms with E-state index in [9.17, 15) is 4.79 Å². The highest BCUT2D eigenvalue weighted by Crippen LogP contribution is 2.32. The van der Waals surface area contributed by atoms with Gasteiger partial charge in [-0.1, -0.05) is 35.9 Å². The predicted octanol–water partition coefficient (Wildman–Crippen LogP) is 2.69. The van der Waals surface area contributed by atoms with Crippen LogP contribution in [0.15, 0.2) is 35.9 Å². The molecule has 0 aliphatic carbocycles. The van der Waals surface area contributed by atoms with Crippen LogP contribution in [0.25, 0.3) is 0 Å². The van der Waals surface area contributed by atoms with Crippen molar-refractivity contribution in [3.05, 3.63) is 47.0 Å². The van der Waals surface area contributed by atoms with Crippen molar-refractivity contribution in [1.29, 1.82) is 0 Å². The van der Waals surface area contributed by atoms with Crippen molar-refractivity contribution in [2.24, 2.45) is 0 Å². The van der Waals surface area contributed by atoms with Crippen LogP contribution in [-0.2, 0) is 17.8 Å². The number of hydrogen-bond donors (Lipinski definition) is 0. The molecule has 4 rings (SSSR count). The topological polar surface area (TPSA) is 26.8 Å². The van der Waals surface area contributed by atoms with Crippen molar-refractivity contribution in [3.8, 4) is 0 Å². The number of allylic oxidation sites excluding steroid dienone is 1. The molecule has 3 heterocycles. The average Bonchev–Trinajstić information content (AvgIpc) is 3.22. The van der Waals surface area contributed by atoms with E-state index in [-0.39, 0.29) is 0 Å². The summed E-state index contributed by atoms with van der Waals surface area (Å²) < 4.78 is 0. The first-order valence-corrected chi connectivity index (χ1v) is 10.1. The number of benzene rings is 1. The molecule has 0 unspecified atom stereocenters. The van der Waals surface area contributed by atoms with Gasteiger partial charge in [-0.3, -0.25) is 14.6 Å². The zero-order chi connectivity index (χ0) is 18.1. The van der Waals surface area contributed by atoms with E-state index < -0.39 is 0 Å². The van der Waals surface area contributed by atoms with Gasteiger partial charge in [0.15, 0.2) is 0 Å². The third-order valence-electron chi connectivity index (χ3n) is 6.31. The van der Waals surface area contributed by atoms with Crippen LogP contribution in [0.4, 0.5) is 0 Å². The lowest BCUT2D eigenvalue weighted by molar-refractivity contribution is -0.133. The molecule has 3 aliphatic heterocycles. The monoisotopic (exact) mass is 353 g/mol. The second kappa shape index (κ2) is 7.53. The minimum absolute atomic E-state index is 0.334. The van der Waals surface area contributed by atoms with Crippen molar-refractivity contribution in [2.45, 2.75) is 51.7 Å². The zero-order valence-electron chi connectivity index (χ0n) is 16.2. The van der Waals surface area contributed by atoms with Crippen LogP contribution in [0.3, 0.4) is 0 Å². The van der Waals surface area contributed by atoms with E-state index in [1.54, 1.807) is 0 Å². The third-order valence-corrected chi connectivity index (χ3v) is 6.31. The van der Waals surface area contributed by atoms with Crippen LogP contribution >= 0.6 is 0 Å². The van der Waals surface area contributed by atoms with Gasteiger partial charge in [-0.05, 0) is 44.2 Å². The molecular formula is C22H31N3O. The molecule has 2 saturated heterocycles. The molecule has 2 atom stereocenters. The summed E-state index contributed by atoms with van der Waals surface area (Å²) in [5, 5.41) is 0. The Labute approximate surface area is 157 Å². The molecular weight excluding hydrogens is 322 g/mol. The summed E-state index contributed by atoms with van der Waals surface area (Å²) in [6, 6.07) is 9.65. The fourth-order valence-electron chi connectivity index (χ4n) is 4.88. The Hall–Kier alpha value is -1.65. The van der Waals surface area contributed by atoms with Crippen LogP contribution in [0, 0.1) is 0 Å². The van der Waals surface area contributed by atoms with Gasteiger partial charge in [0.1, 0.15) is 0 Å². The van der Waals surface area contributed by atoms with Crippen molar-refractivity contribution in [3.63, 3.8) is 0 Å². The maximum absolute atomic E-state index is 13.0. The number of rotatable bonds is 4. The Morgan fingerprint density at radius 1 is 1.08 bits per heavy atom. The summed E-state index contributed by atoms with van der Waals surface area (Å²) in [7, 11) is 0. The van der Waals surface area contributed by atoms with E-state index in [0.29, 0.717) is 24.5 Å². The number of carbonyl (C=O) groups is 1. The molecule has 1 aromatic carbocycles. The van der Waals surface area contributed by atoms with Crippen LogP contribution in [0.2, 0.25) is 0 Å². The number of amides is 1. The van der Waals surface area contributed by atoms with E-state index in [1.165, 1.54) is 16.7 Å². The summed E-state index contributed by atoms with van der Waals surface area (Å²) in [6.07, 6.45) is 5.65. The minimum atomic E-state index is 0.334. The van der Waals surface area contributed by atoms with Gasteiger partial charge in [0.25, 0.3) is 0 Å². The summed E-state index contributed by atoms with van der Waals surface area (Å²) in [5.41, 5.74) is 4.22. The largest absolute Gasteiger partial charge is 0.337 e. The summed E-state index contributed by atoms with van der Waals surface area (Å²) >= 11 is 0. The van der Waals surface area contributed by atoms with Crippen molar-refractivity contribution >= 4 is 5.91 Å². The molecule has 0 saturated carbocycles. The lowest BCUT2D eigenvalue weighted by Crippen LogP contribution is -2.45. The van der Waals surface area contributed by atoms with Gasteiger partial charge in [-0.25, -0.2) is 0 Å². The van der Waals surface area contributed by atoms with Crippen LogP contribution in [-0.4, -0.2) is 65.4 Å². The standard InChI is InChI=1S/C22H31N3O/c1-17(2)7-12-24-13-9-21-20(24)10-14-25(21)22(26)16-23-11-8-18-5-3-4-6-19(18)15-23/h3-7,20-21H,8-16H2,1-2H3/t20-,21-/m0/s1. The predicted molar refractivity (Wildman–Crippen MR) is 105 cm³/mol. The Morgan fingerprint density at radius 3 is 2.65 bits per heavy atom. The molecule has 0 aromatic heterocycles. The number of likely N-dealkylation sites (tertiary alicyclic amines) is 2. The van der Waals surface area contributed by atoms with Gasteiger partial charge >= 0.3 is 0 Å². The fourth-order valence-corrected chi connectivity index (χ4v) is 4.88. The highest BCUT2D eigenvalue weighted by Gasteiger charge is 2.43. The second-order valence-corrected chi connectivity index (χ2v) is 8.30. The quantitative estimate of drug-likeness (QED) is 0.779. The average molecular weight is 354 g/mol. The molecule has 3 aliphatic rings. The molecule has 26 heavy (non-hydrogen) atoms. The lowest BCUT2D eigenvalue weighted by Gasteiger charge is -2.31. The van der Waals surface area contributed by atoms with E-state index in [0.717, 1.165) is 52.0 Å². The Bertz CT molecular complexity index is 694. The first-order valence-electron chi connectivity index (χ1n) is 10.1. The molecule has 0 N–H and O–H groups in total. The first-order chi connectivity index (χ1) is 12.6. The normalized spacial score (nSPS) is 25.8. The number of hydrogen-bond acceptors (Lipinski definition) is 3. The van der Waals surface area contributed by atoms with Gasteiger partial charge in [0, 0.05) is 44.8 Å². The van der Waals surface area contributed by atoms with E-state index in [2.05, 4.69) is 58.9 Å². The SMILES string of the molecule is CC(C)=CCN1CC[C@H]2[C@@H]1CCN2C(=O)CN1CCc2ccccc2C1. The second-order valence-electron chi connectivity index (χ2n) is 8.30. The Kier molecular flexibility index (Phi) is 5.14. The first kappa shape index (κ1) is 17.7. The molecule has 0 bridgehead atoms. The molecule has 4 nitrogen and oxygen atoms in total. The number of fused-ring (bicyclic) bond motifs is 2. The number of nitrogens with zero attached hydrogens (tertiary/aromatic N) is 3. The van der Waals surface area contributed by atoms with Gasteiger partial charge in [0.05, 0.1) is 6.54 Å². The van der Waals surface area contributed by atoms with Crippen LogP contribution in [0.5, 0.6) is 0 Å². The van der Waals surface area contributed by atoms with Crippen molar-refractivity contribution < 1.29 is 4.79 Å². The summed E-state index contributed by atoms with van der Waals surface area (Å²) in [6.45, 7) is 9.90. The molecule has 2 fully saturated rings. The lowest BCUT2D eigenvalue weighted by atomic mass is 10.00. The highest BCUT2D eigenvalue weighted by atomic mass is 16.2. The fraction of sp³-hybridized carbons (Fsp3) is 0.591. The van der Waals surface area contributed by atoms with Gasteiger partial charge in [-0.2, -0.15) is 0 Å². The maximum Gasteiger partial charge on any atom is 0.237 e.